The van der Waals surface area contributed by atoms with E-state index in [0.29, 0.717) is 41.2 Å². The number of benzene rings is 2. The highest BCUT2D eigenvalue weighted by atomic mass is 35.5. The fourth-order valence-electron chi connectivity index (χ4n) is 2.71. The second-order valence-electron chi connectivity index (χ2n) is 6.48. The number of aromatic nitrogens is 4. The third-order valence-corrected chi connectivity index (χ3v) is 4.54. The van der Waals surface area contributed by atoms with Crippen molar-refractivity contribution in [2.24, 2.45) is 0 Å². The third-order valence-electron chi connectivity index (χ3n) is 4.31. The summed E-state index contributed by atoms with van der Waals surface area (Å²) in [5.41, 5.74) is 1.10. The zero-order valence-electron chi connectivity index (χ0n) is 16.9. The molecule has 3 rings (SSSR count). The van der Waals surface area contributed by atoms with Crippen molar-refractivity contribution in [1.29, 1.82) is 0 Å². The summed E-state index contributed by atoms with van der Waals surface area (Å²) in [7, 11) is 3.29. The summed E-state index contributed by atoms with van der Waals surface area (Å²) in [6, 6.07) is 14.5. The predicted octanol–water partition coefficient (Wildman–Crippen LogP) is 3.18. The van der Waals surface area contributed by atoms with Crippen LogP contribution in [0.5, 0.6) is 11.5 Å². The van der Waals surface area contributed by atoms with Gasteiger partial charge in [-0.2, -0.15) is 4.68 Å². The Morgan fingerprint density at radius 1 is 1.20 bits per heavy atom. The number of rotatable bonds is 8. The van der Waals surface area contributed by atoms with E-state index >= 15 is 0 Å². The van der Waals surface area contributed by atoms with E-state index in [1.807, 2.05) is 36.4 Å². The largest absolute Gasteiger partial charge is 0.497 e. The van der Waals surface area contributed by atoms with Crippen molar-refractivity contribution in [2.45, 2.75) is 6.92 Å². The summed E-state index contributed by atoms with van der Waals surface area (Å²) < 4.78 is 12.4. The van der Waals surface area contributed by atoms with E-state index in [1.165, 1.54) is 4.68 Å². The Labute approximate surface area is 179 Å². The van der Waals surface area contributed by atoms with Crippen molar-refractivity contribution in [3.63, 3.8) is 0 Å². The van der Waals surface area contributed by atoms with Crippen LogP contribution in [0.3, 0.4) is 0 Å². The number of hydrogen-bond acceptors (Lipinski definition) is 6. The lowest BCUT2D eigenvalue weighted by molar-refractivity contribution is -0.124. The van der Waals surface area contributed by atoms with Crippen molar-refractivity contribution in [2.75, 3.05) is 27.3 Å². The van der Waals surface area contributed by atoms with Gasteiger partial charge < -0.3 is 14.4 Å². The maximum atomic E-state index is 13.2. The fraction of sp³-hybridized carbons (Fsp3) is 0.238. The van der Waals surface area contributed by atoms with E-state index in [-0.39, 0.29) is 5.91 Å². The van der Waals surface area contributed by atoms with E-state index in [0.717, 1.165) is 5.56 Å². The maximum Gasteiger partial charge on any atom is 0.272 e. The topological polar surface area (TPSA) is 82.4 Å². The van der Waals surface area contributed by atoms with Crippen molar-refractivity contribution in [1.82, 2.24) is 25.1 Å². The molecule has 0 aliphatic rings. The Bertz CT molecular complexity index is 1050. The number of ether oxygens (including phenoxy) is 2. The average Bonchev–Trinajstić information content (AvgIpc) is 3.17. The maximum absolute atomic E-state index is 13.2. The Morgan fingerprint density at radius 2 is 1.97 bits per heavy atom. The molecule has 8 nitrogen and oxygen atoms in total. The van der Waals surface area contributed by atoms with Crippen LogP contribution in [0.15, 0.2) is 48.5 Å². The zero-order chi connectivity index (χ0) is 21.5. The quantitative estimate of drug-likeness (QED) is 0.513. The minimum absolute atomic E-state index is 0.247. The molecule has 30 heavy (non-hydrogen) atoms. The number of nitrogens with zero attached hydrogens (tertiary/aromatic N) is 5. The molecular formula is C21H22ClN5O3. The Hall–Kier alpha value is -3.39. The molecule has 0 aliphatic carbocycles. The van der Waals surface area contributed by atoms with E-state index in [9.17, 15) is 4.79 Å². The highest BCUT2D eigenvalue weighted by Gasteiger charge is 2.20. The van der Waals surface area contributed by atoms with Gasteiger partial charge in [-0.05, 0) is 59.3 Å². The Balaban J connectivity index is 1.78. The highest BCUT2D eigenvalue weighted by Crippen LogP contribution is 2.19. The molecule has 1 heterocycles. The average molecular weight is 428 g/mol. The number of carbonyl (C=O) groups excluding carboxylic acids is 1. The van der Waals surface area contributed by atoms with Crippen LogP contribution < -0.4 is 9.47 Å². The minimum atomic E-state index is -0.247. The first-order chi connectivity index (χ1) is 14.5. The van der Waals surface area contributed by atoms with Crippen molar-refractivity contribution >= 4 is 29.3 Å². The SMILES string of the molecule is COc1cccc(/C=C(/C(=O)N(C)CCOc2cccc(Cl)c2)n2nnnc2C)c1. The zero-order valence-corrected chi connectivity index (χ0v) is 17.7. The van der Waals surface area contributed by atoms with Crippen LogP contribution in [0.2, 0.25) is 5.02 Å². The number of amides is 1. The summed E-state index contributed by atoms with van der Waals surface area (Å²) in [6.07, 6.45) is 1.72. The third kappa shape index (κ3) is 5.36. The smallest absolute Gasteiger partial charge is 0.272 e. The van der Waals surface area contributed by atoms with Gasteiger partial charge in [-0.25, -0.2) is 0 Å². The standard InChI is InChI=1S/C21H22ClN5O3/c1-15-23-24-25-27(15)20(13-16-6-4-8-18(12-16)29-3)21(28)26(2)10-11-30-19-9-5-7-17(22)14-19/h4-9,12-14H,10-11H2,1-3H3/b20-13-. The van der Waals surface area contributed by atoms with Gasteiger partial charge in [0.2, 0.25) is 0 Å². The van der Waals surface area contributed by atoms with Crippen LogP contribution in [0, 0.1) is 6.92 Å². The molecule has 0 spiro atoms. The number of hydrogen-bond donors (Lipinski definition) is 0. The van der Waals surface area contributed by atoms with Crippen LogP contribution in [0.1, 0.15) is 11.4 Å². The van der Waals surface area contributed by atoms with Gasteiger partial charge in [0.15, 0.2) is 5.82 Å². The first kappa shape index (κ1) is 21.3. The second-order valence-corrected chi connectivity index (χ2v) is 6.91. The van der Waals surface area contributed by atoms with Crippen LogP contribution in [-0.2, 0) is 4.79 Å². The molecule has 156 valence electrons. The molecule has 0 saturated carbocycles. The van der Waals surface area contributed by atoms with Gasteiger partial charge >= 0.3 is 0 Å². The summed E-state index contributed by atoms with van der Waals surface area (Å²) in [6.45, 7) is 2.40. The van der Waals surface area contributed by atoms with E-state index in [2.05, 4.69) is 15.5 Å². The summed E-state index contributed by atoms with van der Waals surface area (Å²) >= 11 is 5.97. The molecule has 9 heteroatoms. The number of methoxy groups -OCH3 is 1. The fourth-order valence-corrected chi connectivity index (χ4v) is 2.89. The van der Waals surface area contributed by atoms with Gasteiger partial charge in [0.1, 0.15) is 23.8 Å². The molecule has 0 N–H and O–H groups in total. The molecule has 3 aromatic rings. The number of tetrazole rings is 1. The van der Waals surface area contributed by atoms with Gasteiger partial charge in [0, 0.05) is 12.1 Å². The molecule has 0 atom stereocenters. The minimum Gasteiger partial charge on any atom is -0.497 e. The van der Waals surface area contributed by atoms with Crippen LogP contribution in [-0.4, -0.2) is 58.3 Å². The first-order valence-electron chi connectivity index (χ1n) is 9.23. The van der Waals surface area contributed by atoms with Crippen LogP contribution in [0.4, 0.5) is 0 Å². The number of likely N-dealkylation sites (N-methyl/N-ethyl adjacent to an activating group) is 1. The Morgan fingerprint density at radius 3 is 2.67 bits per heavy atom. The molecule has 0 fully saturated rings. The number of halogens is 1. The number of aryl methyl sites for hydroxylation is 1. The van der Waals surface area contributed by atoms with Gasteiger partial charge in [-0.1, -0.05) is 29.8 Å². The van der Waals surface area contributed by atoms with E-state index in [4.69, 9.17) is 21.1 Å². The van der Waals surface area contributed by atoms with Crippen molar-refractivity contribution < 1.29 is 14.3 Å². The van der Waals surface area contributed by atoms with Crippen molar-refractivity contribution in [3.8, 4) is 11.5 Å². The molecule has 0 bridgehead atoms. The van der Waals surface area contributed by atoms with E-state index < -0.39 is 0 Å². The summed E-state index contributed by atoms with van der Waals surface area (Å²) in [4.78, 5) is 14.7. The molecular weight excluding hydrogens is 406 g/mol. The summed E-state index contributed by atoms with van der Waals surface area (Å²) in [5.74, 6) is 1.59. The van der Waals surface area contributed by atoms with E-state index in [1.54, 1.807) is 44.2 Å². The highest BCUT2D eigenvalue weighted by molar-refractivity contribution is 6.30. The molecule has 2 aromatic carbocycles. The lowest BCUT2D eigenvalue weighted by Crippen LogP contribution is -2.33. The summed E-state index contributed by atoms with van der Waals surface area (Å²) in [5, 5.41) is 12.1. The lowest BCUT2D eigenvalue weighted by atomic mass is 10.1. The second kappa shape index (κ2) is 9.89. The van der Waals surface area contributed by atoms with Gasteiger partial charge in [0.05, 0.1) is 13.7 Å². The normalized spacial score (nSPS) is 11.3. The van der Waals surface area contributed by atoms with Gasteiger partial charge in [-0.15, -0.1) is 5.10 Å². The molecule has 0 saturated heterocycles. The first-order valence-corrected chi connectivity index (χ1v) is 9.60. The molecule has 1 amide bonds. The Kier molecular flexibility index (Phi) is 7.03. The number of carbonyl (C=O) groups is 1. The molecule has 0 aliphatic heterocycles. The van der Waals surface area contributed by atoms with Gasteiger partial charge in [0.25, 0.3) is 5.91 Å². The monoisotopic (exact) mass is 427 g/mol. The lowest BCUT2D eigenvalue weighted by Gasteiger charge is -2.19. The molecule has 0 radical (unpaired) electrons. The molecule has 0 unspecified atom stereocenters. The predicted molar refractivity (Wildman–Crippen MR) is 114 cm³/mol. The van der Waals surface area contributed by atoms with Crippen molar-refractivity contribution in [3.05, 3.63) is 64.9 Å². The van der Waals surface area contributed by atoms with Gasteiger partial charge in [-0.3, -0.25) is 4.79 Å². The molecule has 1 aromatic heterocycles. The van der Waals surface area contributed by atoms with Crippen LogP contribution >= 0.6 is 11.6 Å². The van der Waals surface area contributed by atoms with Crippen LogP contribution in [0.25, 0.3) is 11.8 Å².